The number of carbonyl (C=O) groups excluding carboxylic acids is 2. The second-order valence-corrected chi connectivity index (χ2v) is 10.0. The van der Waals surface area contributed by atoms with E-state index in [2.05, 4.69) is 45.3 Å². The number of hydrogen-bond acceptors (Lipinski definition) is 5. The SMILES string of the molecule is CN1CCN(c2ccnc3cc4c(cc23)N(C(=O)NC2CC(=O)c3ccccc3C2)CCC4)CC1. The summed E-state index contributed by atoms with van der Waals surface area (Å²) in [5, 5.41) is 4.26. The van der Waals surface area contributed by atoms with Crippen LogP contribution in [-0.2, 0) is 12.8 Å². The zero-order valence-corrected chi connectivity index (χ0v) is 20.2. The summed E-state index contributed by atoms with van der Waals surface area (Å²) < 4.78 is 0. The normalized spacial score (nSPS) is 20.5. The number of benzene rings is 2. The van der Waals surface area contributed by atoms with Crippen LogP contribution in [0.15, 0.2) is 48.7 Å². The lowest BCUT2D eigenvalue weighted by Gasteiger charge is -2.35. The molecule has 3 aliphatic rings. The van der Waals surface area contributed by atoms with E-state index < -0.39 is 0 Å². The predicted octanol–water partition coefficient (Wildman–Crippen LogP) is 3.65. The molecule has 1 aliphatic carbocycles. The zero-order chi connectivity index (χ0) is 23.9. The minimum Gasteiger partial charge on any atom is -0.368 e. The van der Waals surface area contributed by atoms with Gasteiger partial charge >= 0.3 is 6.03 Å². The molecule has 7 nitrogen and oxygen atoms in total. The van der Waals surface area contributed by atoms with Gasteiger partial charge in [0.25, 0.3) is 0 Å². The fourth-order valence-electron chi connectivity index (χ4n) is 5.74. The van der Waals surface area contributed by atoms with E-state index in [1.165, 1.54) is 5.69 Å². The van der Waals surface area contributed by atoms with E-state index in [1.807, 2.05) is 35.4 Å². The summed E-state index contributed by atoms with van der Waals surface area (Å²) in [5.74, 6) is 0.102. The van der Waals surface area contributed by atoms with Crippen molar-refractivity contribution in [2.24, 2.45) is 0 Å². The number of Topliss-reactive ketones (excluding diaryl/α,β-unsaturated/α-hetero) is 1. The number of ketones is 1. The summed E-state index contributed by atoms with van der Waals surface area (Å²) in [4.78, 5) is 37.4. The first kappa shape index (κ1) is 22.0. The number of pyridine rings is 1. The number of nitrogens with zero attached hydrogens (tertiary/aromatic N) is 4. The van der Waals surface area contributed by atoms with Gasteiger partial charge in [0.15, 0.2) is 5.78 Å². The quantitative estimate of drug-likeness (QED) is 0.621. The number of fused-ring (bicyclic) bond motifs is 3. The fraction of sp³-hybridized carbons (Fsp3) is 0.393. The van der Waals surface area contributed by atoms with Gasteiger partial charge in [-0.1, -0.05) is 24.3 Å². The smallest absolute Gasteiger partial charge is 0.322 e. The second-order valence-electron chi connectivity index (χ2n) is 10.0. The van der Waals surface area contributed by atoms with Crippen LogP contribution in [-0.4, -0.2) is 67.5 Å². The van der Waals surface area contributed by atoms with Gasteiger partial charge < -0.3 is 15.1 Å². The number of amides is 2. The van der Waals surface area contributed by atoms with Crippen LogP contribution < -0.4 is 15.1 Å². The molecule has 6 rings (SSSR count). The Morgan fingerprint density at radius 3 is 2.66 bits per heavy atom. The minimum absolute atomic E-state index is 0.102. The molecule has 1 saturated heterocycles. The molecule has 0 bridgehead atoms. The highest BCUT2D eigenvalue weighted by atomic mass is 16.2. The van der Waals surface area contributed by atoms with E-state index >= 15 is 0 Å². The van der Waals surface area contributed by atoms with Gasteiger partial charge in [0, 0.05) is 73.7 Å². The van der Waals surface area contributed by atoms with Crippen molar-refractivity contribution < 1.29 is 9.59 Å². The summed E-state index contributed by atoms with van der Waals surface area (Å²) in [6.45, 7) is 4.70. The van der Waals surface area contributed by atoms with Gasteiger partial charge in [-0.2, -0.15) is 0 Å². The maximum absolute atomic E-state index is 13.5. The van der Waals surface area contributed by atoms with Gasteiger partial charge in [-0.15, -0.1) is 0 Å². The molecule has 2 aromatic carbocycles. The van der Waals surface area contributed by atoms with Crippen LogP contribution in [0.4, 0.5) is 16.2 Å². The number of rotatable bonds is 2. The number of piperazine rings is 1. The van der Waals surface area contributed by atoms with Crippen molar-refractivity contribution in [2.75, 3.05) is 49.6 Å². The van der Waals surface area contributed by atoms with E-state index in [9.17, 15) is 9.59 Å². The third-order valence-corrected chi connectivity index (χ3v) is 7.67. The Hall–Kier alpha value is -3.45. The molecule has 1 fully saturated rings. The van der Waals surface area contributed by atoms with Gasteiger partial charge in [0.05, 0.1) is 5.52 Å². The van der Waals surface area contributed by atoms with Gasteiger partial charge in [0.2, 0.25) is 0 Å². The number of urea groups is 1. The summed E-state index contributed by atoms with van der Waals surface area (Å²) in [7, 11) is 2.16. The third-order valence-electron chi connectivity index (χ3n) is 7.67. The molecule has 0 radical (unpaired) electrons. The van der Waals surface area contributed by atoms with Gasteiger partial charge in [-0.25, -0.2) is 4.79 Å². The Morgan fingerprint density at radius 1 is 0.971 bits per heavy atom. The molecule has 0 spiro atoms. The van der Waals surface area contributed by atoms with Crippen molar-refractivity contribution in [1.82, 2.24) is 15.2 Å². The Balaban J connectivity index is 1.28. The van der Waals surface area contributed by atoms with Crippen LogP contribution in [0.5, 0.6) is 0 Å². The summed E-state index contributed by atoms with van der Waals surface area (Å²) in [5.41, 5.74) is 6.10. The standard InChI is InChI=1S/C28H31N5O2/c1-31-11-13-32(14-12-31)25-8-9-29-24-16-20-6-4-10-33(26(20)18-23(24)25)28(35)30-21-15-19-5-2-3-7-22(19)27(34)17-21/h2-3,5,7-9,16,18,21H,4,6,10-15,17H2,1H3,(H,30,35). The molecule has 2 aliphatic heterocycles. The van der Waals surface area contributed by atoms with Crippen LogP contribution in [0.3, 0.4) is 0 Å². The largest absolute Gasteiger partial charge is 0.368 e. The molecule has 2 amide bonds. The molecule has 1 atom stereocenters. The zero-order valence-electron chi connectivity index (χ0n) is 20.2. The molecular weight excluding hydrogens is 438 g/mol. The number of anilines is 2. The summed E-state index contributed by atoms with van der Waals surface area (Å²) >= 11 is 0. The van der Waals surface area contributed by atoms with Crippen LogP contribution in [0, 0.1) is 0 Å². The molecule has 7 heteroatoms. The van der Waals surface area contributed by atoms with E-state index in [0.29, 0.717) is 19.4 Å². The molecule has 0 saturated carbocycles. The van der Waals surface area contributed by atoms with Gasteiger partial charge in [-0.3, -0.25) is 14.7 Å². The topological polar surface area (TPSA) is 68.8 Å². The van der Waals surface area contributed by atoms with Crippen molar-refractivity contribution >= 4 is 34.1 Å². The number of likely N-dealkylation sites (N-methyl/N-ethyl adjacent to an activating group) is 1. The minimum atomic E-state index is -0.182. The number of hydrogen-bond donors (Lipinski definition) is 1. The molecule has 180 valence electrons. The van der Waals surface area contributed by atoms with E-state index in [0.717, 1.165) is 72.3 Å². The van der Waals surface area contributed by atoms with Crippen molar-refractivity contribution in [3.8, 4) is 0 Å². The first-order valence-corrected chi connectivity index (χ1v) is 12.6. The first-order valence-electron chi connectivity index (χ1n) is 12.6. The van der Waals surface area contributed by atoms with Crippen molar-refractivity contribution in [3.05, 3.63) is 65.4 Å². The Morgan fingerprint density at radius 2 is 1.80 bits per heavy atom. The van der Waals surface area contributed by atoms with Crippen molar-refractivity contribution in [3.63, 3.8) is 0 Å². The van der Waals surface area contributed by atoms with Crippen molar-refractivity contribution in [1.29, 1.82) is 0 Å². The number of carbonyl (C=O) groups is 2. The summed E-state index contributed by atoms with van der Waals surface area (Å²) in [6.07, 6.45) is 4.77. The monoisotopic (exact) mass is 469 g/mol. The Labute approximate surface area is 205 Å². The molecule has 3 heterocycles. The maximum atomic E-state index is 13.5. The molecule has 1 unspecified atom stereocenters. The number of nitrogens with one attached hydrogen (secondary N) is 1. The van der Waals surface area contributed by atoms with Crippen molar-refractivity contribution in [2.45, 2.75) is 31.7 Å². The molecule has 1 aromatic heterocycles. The lowest BCUT2D eigenvalue weighted by molar-refractivity contribution is 0.0961. The van der Waals surface area contributed by atoms with E-state index in [1.54, 1.807) is 0 Å². The average molecular weight is 470 g/mol. The molecule has 35 heavy (non-hydrogen) atoms. The lowest BCUT2D eigenvalue weighted by Crippen LogP contribution is -2.49. The van der Waals surface area contributed by atoms with Gasteiger partial charge in [0.1, 0.15) is 0 Å². The highest BCUT2D eigenvalue weighted by Crippen LogP contribution is 2.35. The molecule has 1 N–H and O–H groups in total. The second kappa shape index (κ2) is 8.96. The third kappa shape index (κ3) is 4.14. The predicted molar refractivity (Wildman–Crippen MR) is 139 cm³/mol. The van der Waals surface area contributed by atoms with E-state index in [-0.39, 0.29) is 17.9 Å². The first-order chi connectivity index (χ1) is 17.1. The fourth-order valence-corrected chi connectivity index (χ4v) is 5.74. The van der Waals surface area contributed by atoms with Crippen LogP contribution in [0.2, 0.25) is 0 Å². The van der Waals surface area contributed by atoms with Crippen LogP contribution in [0.25, 0.3) is 10.9 Å². The highest BCUT2D eigenvalue weighted by Gasteiger charge is 2.30. The Kier molecular flexibility index (Phi) is 5.65. The number of aryl methyl sites for hydroxylation is 1. The van der Waals surface area contributed by atoms with Crippen LogP contribution >= 0.6 is 0 Å². The Bertz CT molecular complexity index is 1300. The number of aromatic nitrogens is 1. The average Bonchev–Trinajstić information content (AvgIpc) is 2.87. The van der Waals surface area contributed by atoms with Gasteiger partial charge in [-0.05, 0) is 55.6 Å². The molecular formula is C28H31N5O2. The maximum Gasteiger partial charge on any atom is 0.322 e. The lowest BCUT2D eigenvalue weighted by atomic mass is 9.87. The molecule has 3 aromatic rings. The highest BCUT2D eigenvalue weighted by molar-refractivity contribution is 6.02. The van der Waals surface area contributed by atoms with E-state index in [4.69, 9.17) is 0 Å². The van der Waals surface area contributed by atoms with Crippen LogP contribution in [0.1, 0.15) is 34.3 Å². The summed E-state index contributed by atoms with van der Waals surface area (Å²) in [6, 6.07) is 13.8.